The maximum absolute atomic E-state index is 9.76. The van der Waals surface area contributed by atoms with Gasteiger partial charge in [0.15, 0.2) is 0 Å². The van der Waals surface area contributed by atoms with Crippen molar-refractivity contribution in [2.45, 2.75) is 26.0 Å². The normalized spacial score (nSPS) is 13.8. The average Bonchev–Trinajstić information content (AvgIpc) is 2.49. The molecule has 0 bridgehead atoms. The van der Waals surface area contributed by atoms with Gasteiger partial charge in [0, 0.05) is 24.3 Å². The van der Waals surface area contributed by atoms with Crippen LogP contribution in [0.3, 0.4) is 0 Å². The minimum atomic E-state index is -0.640. The van der Waals surface area contributed by atoms with Crippen LogP contribution in [0.5, 0.6) is 11.5 Å². The van der Waals surface area contributed by atoms with E-state index in [0.29, 0.717) is 12.4 Å². The van der Waals surface area contributed by atoms with E-state index in [2.05, 4.69) is 5.32 Å². The lowest BCUT2D eigenvalue weighted by atomic mass is 10.1. The second kappa shape index (κ2) is 8.79. The molecule has 5 nitrogen and oxygen atoms in total. The molecule has 114 valence electrons. The van der Waals surface area contributed by atoms with Crippen molar-refractivity contribution in [1.82, 2.24) is 5.32 Å². The number of hydrogen-bond donors (Lipinski definition) is 2. The van der Waals surface area contributed by atoms with Gasteiger partial charge in [0.05, 0.1) is 13.7 Å². The van der Waals surface area contributed by atoms with Crippen molar-refractivity contribution in [1.29, 1.82) is 0 Å². The molecule has 0 saturated carbocycles. The number of benzene rings is 1. The minimum Gasteiger partial charge on any atom is -0.497 e. The molecule has 2 atom stereocenters. The van der Waals surface area contributed by atoms with E-state index < -0.39 is 6.10 Å². The van der Waals surface area contributed by atoms with Crippen LogP contribution in [0.4, 0.5) is 0 Å². The van der Waals surface area contributed by atoms with Gasteiger partial charge in [0.1, 0.15) is 24.2 Å². The van der Waals surface area contributed by atoms with Crippen LogP contribution < -0.4 is 14.8 Å². The Bertz CT molecular complexity index is 397. The summed E-state index contributed by atoms with van der Waals surface area (Å²) >= 11 is 0. The van der Waals surface area contributed by atoms with E-state index in [1.54, 1.807) is 7.11 Å². The lowest BCUT2D eigenvalue weighted by Crippen LogP contribution is -2.24. The van der Waals surface area contributed by atoms with Gasteiger partial charge in [-0.05, 0) is 27.0 Å². The van der Waals surface area contributed by atoms with Crippen LogP contribution in [0.2, 0.25) is 0 Å². The molecule has 2 unspecified atom stereocenters. The largest absolute Gasteiger partial charge is 0.497 e. The Hall–Kier alpha value is -1.30. The molecule has 0 aliphatic heterocycles. The first kappa shape index (κ1) is 16.8. The Balaban J connectivity index is 2.74. The topological polar surface area (TPSA) is 60.0 Å². The maximum Gasteiger partial charge on any atom is 0.127 e. The minimum absolute atomic E-state index is 0.153. The molecule has 0 heterocycles. The smallest absolute Gasteiger partial charge is 0.127 e. The van der Waals surface area contributed by atoms with Crippen molar-refractivity contribution in [2.75, 3.05) is 34.0 Å². The summed E-state index contributed by atoms with van der Waals surface area (Å²) in [4.78, 5) is 0. The molecule has 2 N–H and O–H groups in total. The Morgan fingerprint density at radius 2 is 2.05 bits per heavy atom. The molecule has 1 rings (SSSR count). The Kier molecular flexibility index (Phi) is 7.36. The number of rotatable bonds is 9. The van der Waals surface area contributed by atoms with Crippen molar-refractivity contribution in [3.8, 4) is 11.5 Å². The number of ether oxygens (including phenoxy) is 3. The zero-order chi connectivity index (χ0) is 15.0. The molecule has 1 aromatic rings. The van der Waals surface area contributed by atoms with Crippen molar-refractivity contribution < 1.29 is 19.3 Å². The molecule has 0 aliphatic rings. The maximum atomic E-state index is 9.76. The fraction of sp³-hybridized carbons (Fsp3) is 0.600. The highest BCUT2D eigenvalue weighted by atomic mass is 16.5. The first-order valence-electron chi connectivity index (χ1n) is 6.86. The summed E-state index contributed by atoms with van der Waals surface area (Å²) < 4.78 is 16.1. The number of methoxy groups -OCH3 is 1. The summed E-state index contributed by atoms with van der Waals surface area (Å²) in [5.74, 6) is 1.44. The average molecular weight is 283 g/mol. The number of nitrogens with one attached hydrogen (secondary N) is 1. The SMILES string of the molecule is CCOCC(O)COc1cc(OC)ccc1C(C)NC. The van der Waals surface area contributed by atoms with Gasteiger partial charge in [-0.15, -0.1) is 0 Å². The summed E-state index contributed by atoms with van der Waals surface area (Å²) in [5.41, 5.74) is 1.02. The molecule has 0 fully saturated rings. The van der Waals surface area contributed by atoms with E-state index in [9.17, 15) is 5.11 Å². The van der Waals surface area contributed by atoms with E-state index in [-0.39, 0.29) is 19.3 Å². The van der Waals surface area contributed by atoms with Gasteiger partial charge in [0.25, 0.3) is 0 Å². The first-order valence-corrected chi connectivity index (χ1v) is 6.86. The van der Waals surface area contributed by atoms with Crippen molar-refractivity contribution in [3.05, 3.63) is 23.8 Å². The van der Waals surface area contributed by atoms with E-state index >= 15 is 0 Å². The molecular weight excluding hydrogens is 258 g/mol. The zero-order valence-electron chi connectivity index (χ0n) is 12.7. The third kappa shape index (κ3) is 5.00. The quantitative estimate of drug-likeness (QED) is 0.723. The molecular formula is C15H25NO4. The third-order valence-corrected chi connectivity index (χ3v) is 3.07. The van der Waals surface area contributed by atoms with Gasteiger partial charge in [-0.25, -0.2) is 0 Å². The van der Waals surface area contributed by atoms with Gasteiger partial charge in [0.2, 0.25) is 0 Å². The Morgan fingerprint density at radius 1 is 1.30 bits per heavy atom. The van der Waals surface area contributed by atoms with Crippen molar-refractivity contribution in [3.63, 3.8) is 0 Å². The van der Waals surface area contributed by atoms with E-state index in [4.69, 9.17) is 14.2 Å². The number of aliphatic hydroxyl groups excluding tert-OH is 1. The predicted molar refractivity (Wildman–Crippen MR) is 78.5 cm³/mol. The Morgan fingerprint density at radius 3 is 2.65 bits per heavy atom. The van der Waals surface area contributed by atoms with Gasteiger partial charge in [-0.2, -0.15) is 0 Å². The van der Waals surface area contributed by atoms with Crippen LogP contribution >= 0.6 is 0 Å². The van der Waals surface area contributed by atoms with Crippen LogP contribution in [0.25, 0.3) is 0 Å². The molecule has 5 heteroatoms. The molecule has 0 saturated heterocycles. The number of aliphatic hydroxyl groups is 1. The summed E-state index contributed by atoms with van der Waals surface area (Å²) in [6, 6.07) is 5.84. The summed E-state index contributed by atoms with van der Waals surface area (Å²) in [7, 11) is 3.51. The fourth-order valence-electron chi connectivity index (χ4n) is 1.77. The highest BCUT2D eigenvalue weighted by Gasteiger charge is 2.13. The fourth-order valence-corrected chi connectivity index (χ4v) is 1.77. The van der Waals surface area contributed by atoms with Crippen LogP contribution in [0.1, 0.15) is 25.5 Å². The standard InChI is InChI=1S/C15H25NO4/c1-5-19-9-12(17)10-20-15-8-13(18-4)6-7-14(15)11(2)16-3/h6-8,11-12,16-17H,5,9-10H2,1-4H3. The summed E-state index contributed by atoms with van der Waals surface area (Å²) in [6.45, 7) is 4.99. The second-order valence-electron chi connectivity index (χ2n) is 4.54. The van der Waals surface area contributed by atoms with Crippen LogP contribution in [-0.2, 0) is 4.74 Å². The van der Waals surface area contributed by atoms with E-state index in [1.165, 1.54) is 0 Å². The summed E-state index contributed by atoms with van der Waals surface area (Å²) in [5, 5.41) is 12.9. The van der Waals surface area contributed by atoms with Gasteiger partial charge < -0.3 is 24.6 Å². The lowest BCUT2D eigenvalue weighted by Gasteiger charge is -2.19. The molecule has 0 spiro atoms. The molecule has 0 radical (unpaired) electrons. The van der Waals surface area contributed by atoms with Crippen molar-refractivity contribution in [2.24, 2.45) is 0 Å². The summed E-state index contributed by atoms with van der Waals surface area (Å²) in [6.07, 6.45) is -0.640. The lowest BCUT2D eigenvalue weighted by molar-refractivity contribution is 0.0161. The first-order chi connectivity index (χ1) is 9.62. The van der Waals surface area contributed by atoms with E-state index in [0.717, 1.165) is 11.3 Å². The number of hydrogen-bond acceptors (Lipinski definition) is 5. The zero-order valence-corrected chi connectivity index (χ0v) is 12.7. The molecule has 0 aliphatic carbocycles. The highest BCUT2D eigenvalue weighted by Crippen LogP contribution is 2.29. The monoisotopic (exact) mass is 283 g/mol. The van der Waals surface area contributed by atoms with E-state index in [1.807, 2.05) is 39.1 Å². The molecule has 20 heavy (non-hydrogen) atoms. The molecule has 0 amide bonds. The third-order valence-electron chi connectivity index (χ3n) is 3.07. The van der Waals surface area contributed by atoms with Crippen LogP contribution in [-0.4, -0.2) is 45.2 Å². The van der Waals surface area contributed by atoms with Gasteiger partial charge >= 0.3 is 0 Å². The Labute approximate surface area is 120 Å². The highest BCUT2D eigenvalue weighted by molar-refractivity contribution is 5.42. The van der Waals surface area contributed by atoms with Crippen molar-refractivity contribution >= 4 is 0 Å². The van der Waals surface area contributed by atoms with Gasteiger partial charge in [-0.3, -0.25) is 0 Å². The molecule has 1 aromatic carbocycles. The second-order valence-corrected chi connectivity index (χ2v) is 4.54. The van der Waals surface area contributed by atoms with Crippen LogP contribution in [0.15, 0.2) is 18.2 Å². The van der Waals surface area contributed by atoms with Gasteiger partial charge in [-0.1, -0.05) is 6.07 Å². The van der Waals surface area contributed by atoms with Crippen LogP contribution in [0, 0.1) is 0 Å². The molecule has 0 aromatic heterocycles. The predicted octanol–water partition coefficient (Wildman–Crippen LogP) is 1.75.